The molecule has 0 aliphatic heterocycles. The van der Waals surface area contributed by atoms with Gasteiger partial charge in [-0.15, -0.1) is 0 Å². The van der Waals surface area contributed by atoms with Gasteiger partial charge in [0.2, 0.25) is 0 Å². The molecular weight excluding hydrogens is 356 g/mol. The van der Waals surface area contributed by atoms with E-state index in [1.54, 1.807) is 4.68 Å². The summed E-state index contributed by atoms with van der Waals surface area (Å²) in [6.07, 6.45) is 0. The molecular formula is C21H22N4O3. The van der Waals surface area contributed by atoms with Crippen LogP contribution in [0.15, 0.2) is 60.7 Å². The maximum atomic E-state index is 12.6. The zero-order valence-corrected chi connectivity index (χ0v) is 16.0. The Morgan fingerprint density at radius 1 is 1.11 bits per heavy atom. The molecule has 0 aliphatic rings. The van der Waals surface area contributed by atoms with Gasteiger partial charge in [-0.1, -0.05) is 51.1 Å². The zero-order valence-electron chi connectivity index (χ0n) is 16.0. The van der Waals surface area contributed by atoms with E-state index in [2.05, 4.69) is 31.2 Å². The summed E-state index contributed by atoms with van der Waals surface area (Å²) in [5, 5.41) is 18.3. The normalized spacial score (nSPS) is 11.2. The number of rotatable bonds is 5. The van der Waals surface area contributed by atoms with Gasteiger partial charge < -0.3 is 5.32 Å². The number of aromatic nitrogens is 2. The summed E-state index contributed by atoms with van der Waals surface area (Å²) in [7, 11) is 0. The lowest BCUT2D eigenvalue weighted by Crippen LogP contribution is -2.16. The number of nitrogens with one attached hydrogen (secondary N) is 1. The standard InChI is InChI=1S/C21H22N4O3/c1-21(2,3)18-13-19(24(23-18)14-15-7-5-4-6-8-15)22-20(26)16-9-11-17(12-10-16)25(27)28/h4-13H,14H2,1-3H3,(H,22,26). The minimum Gasteiger partial charge on any atom is -0.307 e. The van der Waals surface area contributed by atoms with Gasteiger partial charge in [-0.25, -0.2) is 4.68 Å². The molecule has 0 fully saturated rings. The summed E-state index contributed by atoms with van der Waals surface area (Å²) >= 11 is 0. The molecule has 1 aromatic heterocycles. The van der Waals surface area contributed by atoms with Crippen molar-refractivity contribution in [3.63, 3.8) is 0 Å². The minimum atomic E-state index is -0.494. The van der Waals surface area contributed by atoms with E-state index in [1.165, 1.54) is 24.3 Å². The van der Waals surface area contributed by atoms with Gasteiger partial charge in [-0.3, -0.25) is 14.9 Å². The summed E-state index contributed by atoms with van der Waals surface area (Å²) in [6.45, 7) is 6.70. The van der Waals surface area contributed by atoms with E-state index in [9.17, 15) is 14.9 Å². The third-order valence-electron chi connectivity index (χ3n) is 4.31. The van der Waals surface area contributed by atoms with E-state index < -0.39 is 4.92 Å². The molecule has 28 heavy (non-hydrogen) atoms. The van der Waals surface area contributed by atoms with E-state index in [0.717, 1.165) is 11.3 Å². The molecule has 0 saturated carbocycles. The van der Waals surface area contributed by atoms with Crippen LogP contribution >= 0.6 is 0 Å². The Morgan fingerprint density at radius 3 is 2.32 bits per heavy atom. The first kappa shape index (κ1) is 19.3. The summed E-state index contributed by atoms with van der Waals surface area (Å²) in [6, 6.07) is 17.2. The van der Waals surface area contributed by atoms with Crippen molar-refractivity contribution in [2.24, 2.45) is 0 Å². The second-order valence-electron chi connectivity index (χ2n) is 7.57. The molecule has 1 heterocycles. The van der Waals surface area contributed by atoms with Gasteiger partial charge in [0.05, 0.1) is 17.2 Å². The highest BCUT2D eigenvalue weighted by Crippen LogP contribution is 2.25. The van der Waals surface area contributed by atoms with Crippen molar-refractivity contribution in [1.29, 1.82) is 0 Å². The van der Waals surface area contributed by atoms with E-state index in [0.29, 0.717) is 17.9 Å². The van der Waals surface area contributed by atoms with Crippen LogP contribution in [0, 0.1) is 10.1 Å². The van der Waals surface area contributed by atoms with Gasteiger partial charge in [0, 0.05) is 29.2 Å². The number of carbonyl (C=O) groups excluding carboxylic acids is 1. The predicted molar refractivity (Wildman–Crippen MR) is 108 cm³/mol. The van der Waals surface area contributed by atoms with Gasteiger partial charge in [0.25, 0.3) is 11.6 Å². The molecule has 0 radical (unpaired) electrons. The van der Waals surface area contributed by atoms with Crippen LogP contribution in [0.5, 0.6) is 0 Å². The Balaban J connectivity index is 1.88. The fourth-order valence-corrected chi connectivity index (χ4v) is 2.68. The first-order chi connectivity index (χ1) is 13.2. The molecule has 0 aliphatic carbocycles. The first-order valence-corrected chi connectivity index (χ1v) is 8.92. The molecule has 1 amide bonds. The number of non-ortho nitro benzene ring substituents is 1. The lowest BCUT2D eigenvalue weighted by molar-refractivity contribution is -0.384. The molecule has 144 valence electrons. The Hall–Kier alpha value is -3.48. The number of amides is 1. The number of hydrogen-bond donors (Lipinski definition) is 1. The van der Waals surface area contributed by atoms with Crippen molar-refractivity contribution in [3.05, 3.63) is 87.6 Å². The van der Waals surface area contributed by atoms with Gasteiger partial charge in [0.1, 0.15) is 5.82 Å². The molecule has 7 nitrogen and oxygen atoms in total. The second-order valence-corrected chi connectivity index (χ2v) is 7.57. The van der Waals surface area contributed by atoms with Crippen molar-refractivity contribution >= 4 is 17.4 Å². The maximum absolute atomic E-state index is 12.6. The van der Waals surface area contributed by atoms with Gasteiger partial charge in [-0.2, -0.15) is 5.10 Å². The van der Waals surface area contributed by atoms with Crippen LogP contribution in [-0.4, -0.2) is 20.6 Å². The van der Waals surface area contributed by atoms with Crippen molar-refractivity contribution in [1.82, 2.24) is 9.78 Å². The zero-order chi connectivity index (χ0) is 20.3. The second kappa shape index (κ2) is 7.64. The summed E-state index contributed by atoms with van der Waals surface area (Å²) in [4.78, 5) is 22.9. The van der Waals surface area contributed by atoms with Crippen LogP contribution in [0.3, 0.4) is 0 Å². The monoisotopic (exact) mass is 378 g/mol. The first-order valence-electron chi connectivity index (χ1n) is 8.92. The number of nitro benzene ring substituents is 1. The highest BCUT2D eigenvalue weighted by Gasteiger charge is 2.21. The Kier molecular flexibility index (Phi) is 5.26. The van der Waals surface area contributed by atoms with Crippen LogP contribution in [0.1, 0.15) is 42.4 Å². The molecule has 0 bridgehead atoms. The van der Waals surface area contributed by atoms with Crippen molar-refractivity contribution in [2.45, 2.75) is 32.7 Å². The van der Waals surface area contributed by atoms with Gasteiger partial charge in [-0.05, 0) is 17.7 Å². The third kappa shape index (κ3) is 4.43. The summed E-state index contributed by atoms with van der Waals surface area (Å²) in [5.74, 6) is 0.238. The van der Waals surface area contributed by atoms with Crippen molar-refractivity contribution in [3.8, 4) is 0 Å². The highest BCUT2D eigenvalue weighted by atomic mass is 16.6. The number of nitro groups is 1. The molecule has 0 atom stereocenters. The largest absolute Gasteiger partial charge is 0.307 e. The molecule has 0 spiro atoms. The third-order valence-corrected chi connectivity index (χ3v) is 4.31. The fourth-order valence-electron chi connectivity index (χ4n) is 2.68. The molecule has 1 N–H and O–H groups in total. The molecule has 7 heteroatoms. The number of benzene rings is 2. The molecule has 0 unspecified atom stereocenters. The average molecular weight is 378 g/mol. The van der Waals surface area contributed by atoms with E-state index >= 15 is 0 Å². The van der Waals surface area contributed by atoms with Gasteiger partial charge >= 0.3 is 0 Å². The molecule has 3 aromatic rings. The van der Waals surface area contributed by atoms with E-state index in [1.807, 2.05) is 36.4 Å². The Labute approximate surface area is 163 Å². The smallest absolute Gasteiger partial charge is 0.269 e. The van der Waals surface area contributed by atoms with Crippen molar-refractivity contribution in [2.75, 3.05) is 5.32 Å². The number of nitrogens with zero attached hydrogens (tertiary/aromatic N) is 3. The lowest BCUT2D eigenvalue weighted by atomic mass is 9.92. The Bertz CT molecular complexity index is 987. The van der Waals surface area contributed by atoms with Crippen molar-refractivity contribution < 1.29 is 9.72 Å². The Morgan fingerprint density at radius 2 is 1.75 bits per heavy atom. The van der Waals surface area contributed by atoms with Crippen LogP contribution in [0.25, 0.3) is 0 Å². The molecule has 0 saturated heterocycles. The summed E-state index contributed by atoms with van der Waals surface area (Å²) in [5.41, 5.74) is 2.05. The number of carbonyl (C=O) groups is 1. The van der Waals surface area contributed by atoms with Crippen LogP contribution < -0.4 is 5.32 Å². The molecule has 3 rings (SSSR count). The highest BCUT2D eigenvalue weighted by molar-refractivity contribution is 6.04. The predicted octanol–water partition coefficient (Wildman–Crippen LogP) is 4.39. The topological polar surface area (TPSA) is 90.1 Å². The van der Waals surface area contributed by atoms with E-state index in [4.69, 9.17) is 0 Å². The number of hydrogen-bond acceptors (Lipinski definition) is 4. The van der Waals surface area contributed by atoms with E-state index in [-0.39, 0.29) is 17.0 Å². The molecule has 2 aromatic carbocycles. The fraction of sp³-hybridized carbons (Fsp3) is 0.238. The lowest BCUT2D eigenvalue weighted by Gasteiger charge is -2.14. The van der Waals surface area contributed by atoms with Crippen LogP contribution in [0.2, 0.25) is 0 Å². The quantitative estimate of drug-likeness (QED) is 0.527. The minimum absolute atomic E-state index is 0.0549. The number of anilines is 1. The maximum Gasteiger partial charge on any atom is 0.269 e. The van der Waals surface area contributed by atoms with Crippen LogP contribution in [0.4, 0.5) is 11.5 Å². The average Bonchev–Trinajstić information content (AvgIpc) is 3.05. The van der Waals surface area contributed by atoms with Crippen LogP contribution in [-0.2, 0) is 12.0 Å². The summed E-state index contributed by atoms with van der Waals surface area (Å²) < 4.78 is 1.76. The SMILES string of the molecule is CC(C)(C)c1cc(NC(=O)c2ccc([N+](=O)[O-])cc2)n(Cc2ccccc2)n1. The van der Waals surface area contributed by atoms with Gasteiger partial charge in [0.15, 0.2) is 0 Å².